The van der Waals surface area contributed by atoms with E-state index in [2.05, 4.69) is 11.3 Å². The zero-order chi connectivity index (χ0) is 9.90. The summed E-state index contributed by atoms with van der Waals surface area (Å²) in [5.74, 6) is 0. The molecule has 1 N–H and O–H groups in total. The number of hydrogen-bond donors (Lipinski definition) is 1. The van der Waals surface area contributed by atoms with Crippen LogP contribution in [0.5, 0.6) is 0 Å². The maximum atomic E-state index is 13.2. The summed E-state index contributed by atoms with van der Waals surface area (Å²) in [5.41, 5.74) is 0. The second-order valence-electron chi connectivity index (χ2n) is 3.24. The van der Waals surface area contributed by atoms with Crippen molar-refractivity contribution < 1.29 is 12.8 Å². The van der Waals surface area contributed by atoms with E-state index in [1.807, 2.05) is 0 Å². The van der Waals surface area contributed by atoms with Gasteiger partial charge in [0.15, 0.2) is 0 Å². The summed E-state index contributed by atoms with van der Waals surface area (Å²) in [5, 5.41) is 0.814. The van der Waals surface area contributed by atoms with Crippen LogP contribution < -0.4 is 4.72 Å². The van der Waals surface area contributed by atoms with Crippen LogP contribution in [0.15, 0.2) is 12.0 Å². The number of alkyl halides is 1. The Hall–Kier alpha value is -0.420. The molecule has 1 saturated carbocycles. The lowest BCUT2D eigenvalue weighted by atomic mass is 9.95. The summed E-state index contributed by atoms with van der Waals surface area (Å²) in [7, 11) is -3.48. The van der Waals surface area contributed by atoms with Gasteiger partial charge in [0.2, 0.25) is 10.0 Å². The van der Waals surface area contributed by atoms with Crippen LogP contribution in [0.25, 0.3) is 0 Å². The zero-order valence-corrected chi connectivity index (χ0v) is 8.19. The zero-order valence-electron chi connectivity index (χ0n) is 7.37. The Balaban J connectivity index is 2.57. The smallest absolute Gasteiger partial charge is 0.233 e. The maximum Gasteiger partial charge on any atom is 0.233 e. The first-order valence-electron chi connectivity index (χ1n) is 4.34. The van der Waals surface area contributed by atoms with E-state index in [1.54, 1.807) is 0 Å². The van der Waals surface area contributed by atoms with Crippen molar-refractivity contribution in [1.82, 2.24) is 4.72 Å². The SMILES string of the molecule is C=CS(=O)(=O)N[C@@H]1CCCC[C@H]1F. The van der Waals surface area contributed by atoms with Crippen molar-refractivity contribution in [2.75, 3.05) is 0 Å². The van der Waals surface area contributed by atoms with E-state index in [-0.39, 0.29) is 0 Å². The fraction of sp³-hybridized carbons (Fsp3) is 0.750. The fourth-order valence-corrected chi connectivity index (χ4v) is 2.26. The highest BCUT2D eigenvalue weighted by molar-refractivity contribution is 7.92. The maximum absolute atomic E-state index is 13.2. The summed E-state index contributed by atoms with van der Waals surface area (Å²) in [6.45, 7) is 3.15. The van der Waals surface area contributed by atoms with Crippen molar-refractivity contribution in [1.29, 1.82) is 0 Å². The van der Waals surface area contributed by atoms with Crippen LogP contribution in [-0.2, 0) is 10.0 Å². The van der Waals surface area contributed by atoms with Gasteiger partial charge in [-0.1, -0.05) is 19.4 Å². The van der Waals surface area contributed by atoms with Crippen LogP contribution in [0, 0.1) is 0 Å². The quantitative estimate of drug-likeness (QED) is 0.759. The molecule has 0 spiro atoms. The lowest BCUT2D eigenvalue weighted by Gasteiger charge is -2.25. The molecule has 0 amide bonds. The largest absolute Gasteiger partial charge is 0.246 e. The van der Waals surface area contributed by atoms with Crippen molar-refractivity contribution >= 4 is 10.0 Å². The van der Waals surface area contributed by atoms with Crippen molar-refractivity contribution in [3.8, 4) is 0 Å². The van der Waals surface area contributed by atoms with Crippen LogP contribution in [0.4, 0.5) is 4.39 Å². The van der Waals surface area contributed by atoms with Gasteiger partial charge in [0.25, 0.3) is 0 Å². The van der Waals surface area contributed by atoms with Gasteiger partial charge in [-0.3, -0.25) is 0 Å². The molecule has 0 unspecified atom stereocenters. The second kappa shape index (κ2) is 4.19. The first-order chi connectivity index (χ1) is 6.05. The molecule has 2 atom stereocenters. The predicted molar refractivity (Wildman–Crippen MR) is 49.4 cm³/mol. The van der Waals surface area contributed by atoms with Gasteiger partial charge in [-0.05, 0) is 12.8 Å². The summed E-state index contributed by atoms with van der Waals surface area (Å²) in [4.78, 5) is 0. The monoisotopic (exact) mass is 207 g/mol. The first kappa shape index (κ1) is 10.7. The molecule has 0 aromatic heterocycles. The molecule has 0 aromatic carbocycles. The van der Waals surface area contributed by atoms with Gasteiger partial charge in [0, 0.05) is 5.41 Å². The normalized spacial score (nSPS) is 29.9. The molecule has 76 valence electrons. The number of halogens is 1. The molecule has 0 aromatic rings. The van der Waals surface area contributed by atoms with Crippen LogP contribution >= 0.6 is 0 Å². The minimum absolute atomic E-state index is 0.449. The van der Waals surface area contributed by atoms with E-state index in [1.165, 1.54) is 0 Å². The fourth-order valence-electron chi connectivity index (χ4n) is 1.48. The Morgan fingerprint density at radius 3 is 2.54 bits per heavy atom. The molecule has 0 saturated heterocycles. The highest BCUT2D eigenvalue weighted by atomic mass is 32.2. The Labute approximate surface area is 78.1 Å². The number of sulfonamides is 1. The molecule has 1 aliphatic rings. The van der Waals surface area contributed by atoms with Gasteiger partial charge in [-0.15, -0.1) is 0 Å². The van der Waals surface area contributed by atoms with E-state index in [4.69, 9.17) is 0 Å². The number of hydrogen-bond acceptors (Lipinski definition) is 2. The summed E-state index contributed by atoms with van der Waals surface area (Å²) < 4.78 is 37.5. The van der Waals surface area contributed by atoms with Crippen LogP contribution in [0.3, 0.4) is 0 Å². The van der Waals surface area contributed by atoms with Crippen LogP contribution in [0.1, 0.15) is 25.7 Å². The third-order valence-electron chi connectivity index (χ3n) is 2.22. The van der Waals surface area contributed by atoms with Gasteiger partial charge in [0.1, 0.15) is 6.17 Å². The van der Waals surface area contributed by atoms with Gasteiger partial charge in [0.05, 0.1) is 6.04 Å². The minimum Gasteiger partial charge on any atom is -0.246 e. The predicted octanol–water partition coefficient (Wildman–Crippen LogP) is 1.33. The Kier molecular flexibility index (Phi) is 3.44. The number of rotatable bonds is 3. The molecule has 0 bridgehead atoms. The number of nitrogens with one attached hydrogen (secondary N) is 1. The lowest BCUT2D eigenvalue weighted by Crippen LogP contribution is -2.42. The molecular weight excluding hydrogens is 193 g/mol. The third-order valence-corrected chi connectivity index (χ3v) is 3.29. The van der Waals surface area contributed by atoms with Crippen molar-refractivity contribution in [3.05, 3.63) is 12.0 Å². The molecule has 0 aliphatic heterocycles. The highest BCUT2D eigenvalue weighted by Crippen LogP contribution is 2.21. The molecule has 0 radical (unpaired) electrons. The topological polar surface area (TPSA) is 46.2 Å². The summed E-state index contributed by atoms with van der Waals surface area (Å²) >= 11 is 0. The Bertz CT molecular complexity index is 276. The van der Waals surface area contributed by atoms with Gasteiger partial charge in [-0.25, -0.2) is 17.5 Å². The molecule has 1 aliphatic carbocycles. The molecule has 1 rings (SSSR count). The van der Waals surface area contributed by atoms with Crippen LogP contribution in [0.2, 0.25) is 0 Å². The first-order valence-corrected chi connectivity index (χ1v) is 5.88. The lowest BCUT2D eigenvalue weighted by molar-refractivity contribution is 0.207. The molecule has 13 heavy (non-hydrogen) atoms. The van der Waals surface area contributed by atoms with Gasteiger partial charge < -0.3 is 0 Å². The molecular formula is C8H14FNO2S. The van der Waals surface area contributed by atoms with Crippen molar-refractivity contribution in [2.45, 2.75) is 37.9 Å². The summed E-state index contributed by atoms with van der Waals surface area (Å²) in [6, 6.07) is -0.559. The second-order valence-corrected chi connectivity index (χ2v) is 4.90. The van der Waals surface area contributed by atoms with E-state index >= 15 is 0 Å². The van der Waals surface area contributed by atoms with Gasteiger partial charge in [-0.2, -0.15) is 0 Å². The third kappa shape index (κ3) is 3.08. The Morgan fingerprint density at radius 2 is 2.00 bits per heavy atom. The average molecular weight is 207 g/mol. The molecule has 3 nitrogen and oxygen atoms in total. The van der Waals surface area contributed by atoms with Crippen molar-refractivity contribution in [3.63, 3.8) is 0 Å². The summed E-state index contributed by atoms with van der Waals surface area (Å²) in [6.07, 6.45) is 1.69. The standard InChI is InChI=1S/C8H14FNO2S/c1-2-13(11,12)10-8-6-4-3-5-7(8)9/h2,7-8,10H,1,3-6H2/t7-,8-/m1/s1. The minimum atomic E-state index is -3.48. The van der Waals surface area contributed by atoms with Crippen LogP contribution in [-0.4, -0.2) is 20.6 Å². The van der Waals surface area contributed by atoms with E-state index in [0.29, 0.717) is 12.8 Å². The molecule has 1 fully saturated rings. The van der Waals surface area contributed by atoms with E-state index in [9.17, 15) is 12.8 Å². The highest BCUT2D eigenvalue weighted by Gasteiger charge is 2.27. The average Bonchev–Trinajstić information content (AvgIpc) is 2.09. The van der Waals surface area contributed by atoms with E-state index in [0.717, 1.165) is 18.2 Å². The molecule has 5 heteroatoms. The molecule has 0 heterocycles. The van der Waals surface area contributed by atoms with E-state index < -0.39 is 22.2 Å². The van der Waals surface area contributed by atoms with Crippen molar-refractivity contribution in [2.24, 2.45) is 0 Å². The van der Waals surface area contributed by atoms with Gasteiger partial charge >= 0.3 is 0 Å². The Morgan fingerprint density at radius 1 is 1.38 bits per heavy atom.